The van der Waals surface area contributed by atoms with Crippen molar-refractivity contribution in [3.8, 4) is 22.7 Å². The number of carbonyl (C=O) groups is 1. The summed E-state index contributed by atoms with van der Waals surface area (Å²) in [6.07, 6.45) is 2.92. The van der Waals surface area contributed by atoms with E-state index in [0.717, 1.165) is 11.6 Å². The predicted molar refractivity (Wildman–Crippen MR) is 156 cm³/mol. The van der Waals surface area contributed by atoms with Crippen molar-refractivity contribution in [3.63, 3.8) is 0 Å². The van der Waals surface area contributed by atoms with Crippen molar-refractivity contribution in [2.24, 2.45) is 0 Å². The van der Waals surface area contributed by atoms with Gasteiger partial charge >= 0.3 is 5.69 Å². The number of rotatable bonds is 4. The van der Waals surface area contributed by atoms with E-state index >= 15 is 4.39 Å². The maximum Gasteiger partial charge on any atom is 0.355 e. The molecule has 12 heteroatoms. The first-order valence-corrected chi connectivity index (χ1v) is 13.9. The number of ether oxygens (including phenoxy) is 1. The third-order valence-electron chi connectivity index (χ3n) is 7.70. The number of nitrogens with zero attached hydrogens (tertiary/aromatic N) is 6. The molecule has 42 heavy (non-hydrogen) atoms. The second kappa shape index (κ2) is 10.5. The van der Waals surface area contributed by atoms with E-state index in [2.05, 4.69) is 16.5 Å². The van der Waals surface area contributed by atoms with Crippen LogP contribution in [0.15, 0.2) is 47.9 Å². The molecule has 2 aliphatic heterocycles. The fourth-order valence-electron chi connectivity index (χ4n) is 5.66. The fraction of sp³-hybridized carbons (Fsp3) is 0.300. The topological polar surface area (TPSA) is 93.5 Å². The number of benzene rings is 1. The molecule has 5 heterocycles. The molecule has 9 nitrogen and oxygen atoms in total. The molecule has 216 valence electrons. The zero-order valence-corrected chi connectivity index (χ0v) is 24.0. The van der Waals surface area contributed by atoms with E-state index in [1.54, 1.807) is 17.2 Å². The molecule has 6 rings (SSSR count). The zero-order valence-electron chi connectivity index (χ0n) is 23.2. The van der Waals surface area contributed by atoms with E-state index in [0.29, 0.717) is 42.2 Å². The van der Waals surface area contributed by atoms with Gasteiger partial charge in [0.25, 0.3) is 0 Å². The summed E-state index contributed by atoms with van der Waals surface area (Å²) in [4.78, 5) is 43.8. The second-order valence-corrected chi connectivity index (χ2v) is 11.0. The average molecular weight is 593 g/mol. The Labute approximate surface area is 245 Å². The van der Waals surface area contributed by atoms with E-state index in [9.17, 15) is 14.0 Å². The van der Waals surface area contributed by atoms with Gasteiger partial charge in [0.15, 0.2) is 23.0 Å². The van der Waals surface area contributed by atoms with Crippen molar-refractivity contribution in [2.75, 3.05) is 31.1 Å². The summed E-state index contributed by atoms with van der Waals surface area (Å²) >= 11 is 6.87. The SMILES string of the molecule is C=CC(=O)N1CCN2c3nc(=O)n(-c4c(C)ccnc4C(C)C)c4nc(-c5cccc(F)c5F)c(Cl)c(c34)OC[C@@H]2C1. The number of anilines is 1. The maximum absolute atomic E-state index is 15.1. The first-order valence-electron chi connectivity index (χ1n) is 13.5. The summed E-state index contributed by atoms with van der Waals surface area (Å²) < 4.78 is 37.2. The maximum atomic E-state index is 15.1. The minimum Gasteiger partial charge on any atom is -0.489 e. The summed E-state index contributed by atoms with van der Waals surface area (Å²) in [5.74, 6) is -2.06. The molecule has 1 amide bonds. The lowest BCUT2D eigenvalue weighted by atomic mass is 10.0. The minimum absolute atomic E-state index is 0.0499. The number of fused-ring (bicyclic) bond motifs is 2. The molecule has 0 saturated carbocycles. The highest BCUT2D eigenvalue weighted by Gasteiger charge is 2.37. The van der Waals surface area contributed by atoms with Gasteiger partial charge < -0.3 is 14.5 Å². The lowest BCUT2D eigenvalue weighted by molar-refractivity contribution is -0.126. The van der Waals surface area contributed by atoms with Crippen molar-refractivity contribution in [2.45, 2.75) is 32.7 Å². The summed E-state index contributed by atoms with van der Waals surface area (Å²) in [5, 5.41) is 0.301. The number of pyridine rings is 2. The number of hydrogen-bond acceptors (Lipinski definition) is 7. The minimum atomic E-state index is -1.13. The van der Waals surface area contributed by atoms with Gasteiger partial charge in [-0.25, -0.2) is 23.1 Å². The Hall–Kier alpha value is -4.38. The van der Waals surface area contributed by atoms with E-state index in [4.69, 9.17) is 21.3 Å². The van der Waals surface area contributed by atoms with Crippen LogP contribution in [-0.2, 0) is 4.79 Å². The van der Waals surface area contributed by atoms with Gasteiger partial charge in [0, 0.05) is 31.4 Å². The lowest BCUT2D eigenvalue weighted by Crippen LogP contribution is -2.56. The first-order chi connectivity index (χ1) is 20.1. The third kappa shape index (κ3) is 4.30. The second-order valence-electron chi connectivity index (χ2n) is 10.6. The van der Waals surface area contributed by atoms with Crippen molar-refractivity contribution in [1.29, 1.82) is 0 Å². The monoisotopic (exact) mass is 592 g/mol. The van der Waals surface area contributed by atoms with Gasteiger partial charge in [-0.2, -0.15) is 4.98 Å². The fourth-order valence-corrected chi connectivity index (χ4v) is 5.95. The number of hydrogen-bond donors (Lipinski definition) is 0. The molecule has 1 aromatic carbocycles. The molecule has 3 aromatic heterocycles. The van der Waals surface area contributed by atoms with Gasteiger partial charge in [-0.05, 0) is 42.7 Å². The van der Waals surface area contributed by atoms with Crippen LogP contribution in [0, 0.1) is 18.6 Å². The first kappa shape index (κ1) is 27.8. The van der Waals surface area contributed by atoms with Crippen LogP contribution in [-0.4, -0.2) is 62.6 Å². The normalized spacial score (nSPS) is 16.3. The van der Waals surface area contributed by atoms with Crippen molar-refractivity contribution >= 4 is 34.4 Å². The molecule has 2 aliphatic rings. The van der Waals surface area contributed by atoms with Gasteiger partial charge in [0.1, 0.15) is 22.8 Å². The van der Waals surface area contributed by atoms with Gasteiger partial charge in [-0.1, -0.05) is 38.1 Å². The van der Waals surface area contributed by atoms with Crippen molar-refractivity contribution in [3.05, 3.63) is 81.5 Å². The molecule has 0 spiro atoms. The van der Waals surface area contributed by atoms with Gasteiger partial charge in [-0.3, -0.25) is 9.78 Å². The van der Waals surface area contributed by atoms with Crippen LogP contribution in [0.5, 0.6) is 5.75 Å². The molecule has 1 atom stereocenters. The van der Waals surface area contributed by atoms with Crippen LogP contribution in [0.25, 0.3) is 28.0 Å². The Morgan fingerprint density at radius 3 is 2.74 bits per heavy atom. The molecule has 1 fully saturated rings. The Morgan fingerprint density at radius 2 is 2.00 bits per heavy atom. The van der Waals surface area contributed by atoms with Crippen molar-refractivity contribution < 1.29 is 18.3 Å². The van der Waals surface area contributed by atoms with Crippen LogP contribution < -0.4 is 15.3 Å². The highest BCUT2D eigenvalue weighted by Crippen LogP contribution is 2.45. The molecule has 0 unspecified atom stereocenters. The molecular formula is C30H27ClF2N6O3. The summed E-state index contributed by atoms with van der Waals surface area (Å²) in [5.41, 5.74) is 1.08. The summed E-state index contributed by atoms with van der Waals surface area (Å²) in [6, 6.07) is 5.12. The molecule has 0 N–H and O–H groups in total. The largest absolute Gasteiger partial charge is 0.489 e. The number of carbonyl (C=O) groups excluding carboxylic acids is 1. The third-order valence-corrected chi connectivity index (χ3v) is 8.05. The smallest absolute Gasteiger partial charge is 0.355 e. The molecule has 0 bridgehead atoms. The molecule has 0 radical (unpaired) electrons. The summed E-state index contributed by atoms with van der Waals surface area (Å²) in [7, 11) is 0. The predicted octanol–water partition coefficient (Wildman–Crippen LogP) is 4.80. The number of halogens is 3. The number of amides is 1. The van der Waals surface area contributed by atoms with Gasteiger partial charge in [0.2, 0.25) is 5.91 Å². The van der Waals surface area contributed by atoms with Gasteiger partial charge in [-0.15, -0.1) is 0 Å². The van der Waals surface area contributed by atoms with Crippen LogP contribution in [0.4, 0.5) is 14.6 Å². The highest BCUT2D eigenvalue weighted by atomic mass is 35.5. The van der Waals surface area contributed by atoms with E-state index in [1.165, 1.54) is 22.8 Å². The average Bonchev–Trinajstić information content (AvgIpc) is 3.13. The number of piperazine rings is 1. The molecule has 4 aromatic rings. The van der Waals surface area contributed by atoms with Crippen LogP contribution in [0.2, 0.25) is 5.02 Å². The molecule has 0 aliphatic carbocycles. The summed E-state index contributed by atoms with van der Waals surface area (Å²) in [6.45, 7) is 10.4. The quantitative estimate of drug-likeness (QED) is 0.314. The van der Waals surface area contributed by atoms with E-state index in [1.807, 2.05) is 25.7 Å². The van der Waals surface area contributed by atoms with E-state index < -0.39 is 17.3 Å². The van der Waals surface area contributed by atoms with Crippen LogP contribution in [0.1, 0.15) is 31.0 Å². The Balaban J connectivity index is 1.71. The highest BCUT2D eigenvalue weighted by molar-refractivity contribution is 6.36. The Bertz CT molecular complexity index is 1840. The number of aryl methyl sites for hydroxylation is 1. The molecule has 1 saturated heterocycles. The van der Waals surface area contributed by atoms with Gasteiger partial charge in [0.05, 0.1) is 23.1 Å². The lowest BCUT2D eigenvalue weighted by Gasteiger charge is -2.40. The Morgan fingerprint density at radius 1 is 1.21 bits per heavy atom. The zero-order chi connectivity index (χ0) is 29.9. The van der Waals surface area contributed by atoms with Crippen molar-refractivity contribution in [1.82, 2.24) is 24.4 Å². The standard InChI is InChI=1S/C30H27ClF2N6O3/c1-5-20(40)37-11-12-38-17(13-37)14-42-27-21-28(38)36-30(41)39(26-16(4)9-10-34-24(26)15(2)3)29(21)35-25(22(27)31)18-7-6-8-19(32)23(18)33/h5-10,15,17H,1,11-14H2,2-4H3/t17-/m0/s1. The number of aromatic nitrogens is 4. The van der Waals surface area contributed by atoms with Crippen LogP contribution >= 0.6 is 11.6 Å². The van der Waals surface area contributed by atoms with E-state index in [-0.39, 0.29) is 52.2 Å². The Kier molecular flexibility index (Phi) is 6.92. The molecular weight excluding hydrogens is 566 g/mol. The van der Waals surface area contributed by atoms with Crippen LogP contribution in [0.3, 0.4) is 0 Å².